The normalized spacial score (nSPS) is 11.6. The van der Waals surface area contributed by atoms with E-state index in [4.69, 9.17) is 4.42 Å². The lowest BCUT2D eigenvalue weighted by atomic mass is 10.0. The third-order valence-corrected chi connectivity index (χ3v) is 4.61. The van der Waals surface area contributed by atoms with Crippen LogP contribution in [0.2, 0.25) is 0 Å². The number of benzene rings is 1. The molecule has 1 aromatic carbocycles. The fourth-order valence-corrected chi connectivity index (χ4v) is 3.09. The monoisotopic (exact) mass is 416 g/mol. The average molecular weight is 416 g/mol. The number of hydrogen-bond acceptors (Lipinski definition) is 6. The molecule has 2 amide bonds. The van der Waals surface area contributed by atoms with Crippen molar-refractivity contribution in [2.45, 2.75) is 19.0 Å². The first-order valence-corrected chi connectivity index (χ1v) is 9.65. The molecule has 0 bridgehead atoms. The van der Waals surface area contributed by atoms with Crippen LogP contribution in [0.1, 0.15) is 21.7 Å². The van der Waals surface area contributed by atoms with Crippen molar-refractivity contribution in [1.29, 1.82) is 0 Å². The molecule has 1 atom stereocenters. The molecule has 9 nitrogen and oxygen atoms in total. The molecule has 4 rings (SSSR count). The van der Waals surface area contributed by atoms with Gasteiger partial charge in [-0.3, -0.25) is 9.59 Å². The van der Waals surface area contributed by atoms with E-state index in [2.05, 4.69) is 25.7 Å². The first kappa shape index (κ1) is 20.0. The molecule has 1 unspecified atom stereocenters. The van der Waals surface area contributed by atoms with Crippen molar-refractivity contribution in [2.75, 3.05) is 0 Å². The van der Waals surface area contributed by atoms with Crippen molar-refractivity contribution < 1.29 is 14.0 Å². The summed E-state index contributed by atoms with van der Waals surface area (Å²) in [7, 11) is 0. The minimum absolute atomic E-state index is 0.145. The summed E-state index contributed by atoms with van der Waals surface area (Å²) in [6, 6.07) is 15.5. The number of aromatic nitrogens is 4. The third kappa shape index (κ3) is 5.02. The molecule has 0 aliphatic carbocycles. The number of nitrogens with one attached hydrogen (secondary N) is 2. The molecule has 0 saturated carbocycles. The fourth-order valence-electron chi connectivity index (χ4n) is 3.09. The zero-order chi connectivity index (χ0) is 21.5. The summed E-state index contributed by atoms with van der Waals surface area (Å²) in [6.45, 7) is 0.212. The van der Waals surface area contributed by atoms with Gasteiger partial charge in [0.1, 0.15) is 18.7 Å². The number of carbonyl (C=O) groups is 2. The first-order valence-electron chi connectivity index (χ1n) is 9.65. The van der Waals surface area contributed by atoms with Crippen LogP contribution in [-0.4, -0.2) is 37.6 Å². The van der Waals surface area contributed by atoms with Gasteiger partial charge in [-0.05, 0) is 23.8 Å². The van der Waals surface area contributed by atoms with Crippen LogP contribution in [0, 0.1) is 0 Å². The second-order valence-electron chi connectivity index (χ2n) is 6.74. The summed E-state index contributed by atoms with van der Waals surface area (Å²) in [5.74, 6) is -0.0611. The minimum atomic E-state index is -0.786. The van der Waals surface area contributed by atoms with Crippen LogP contribution in [0.4, 0.5) is 0 Å². The maximum absolute atomic E-state index is 13.0. The van der Waals surface area contributed by atoms with Crippen molar-refractivity contribution in [1.82, 2.24) is 30.4 Å². The quantitative estimate of drug-likeness (QED) is 0.453. The van der Waals surface area contributed by atoms with Crippen molar-refractivity contribution >= 4 is 11.8 Å². The predicted molar refractivity (Wildman–Crippen MR) is 111 cm³/mol. The number of amides is 2. The smallest absolute Gasteiger partial charge is 0.287 e. The van der Waals surface area contributed by atoms with E-state index in [1.165, 1.54) is 23.6 Å². The van der Waals surface area contributed by atoms with E-state index in [1.807, 2.05) is 36.4 Å². The van der Waals surface area contributed by atoms with Crippen molar-refractivity contribution in [3.63, 3.8) is 0 Å². The SMILES string of the molecule is O=C(NC(Cc1ccccc1)C(=O)NCc1cccnc1-n1cncn1)c1ccco1. The van der Waals surface area contributed by atoms with E-state index >= 15 is 0 Å². The summed E-state index contributed by atoms with van der Waals surface area (Å²) in [5, 5.41) is 9.74. The molecule has 4 aromatic rings. The Labute approximate surface area is 178 Å². The van der Waals surface area contributed by atoms with Gasteiger partial charge in [0.05, 0.1) is 6.26 Å². The number of carbonyl (C=O) groups excluding carboxylic acids is 2. The van der Waals surface area contributed by atoms with Gasteiger partial charge in [-0.2, -0.15) is 5.10 Å². The van der Waals surface area contributed by atoms with Crippen molar-refractivity contribution in [3.05, 3.63) is 96.6 Å². The Morgan fingerprint density at radius 2 is 1.94 bits per heavy atom. The van der Waals surface area contributed by atoms with E-state index in [9.17, 15) is 9.59 Å². The Morgan fingerprint density at radius 1 is 1.06 bits per heavy atom. The lowest BCUT2D eigenvalue weighted by Gasteiger charge is -2.18. The third-order valence-electron chi connectivity index (χ3n) is 4.61. The second kappa shape index (κ2) is 9.49. The second-order valence-corrected chi connectivity index (χ2v) is 6.74. The Kier molecular flexibility index (Phi) is 6.13. The van der Waals surface area contributed by atoms with Crippen LogP contribution in [0.15, 0.2) is 84.1 Å². The molecular formula is C22H20N6O3. The van der Waals surface area contributed by atoms with E-state index < -0.39 is 11.9 Å². The van der Waals surface area contributed by atoms with E-state index in [0.29, 0.717) is 12.2 Å². The van der Waals surface area contributed by atoms with Crippen LogP contribution >= 0.6 is 0 Å². The number of nitrogens with zero attached hydrogens (tertiary/aromatic N) is 4. The van der Waals surface area contributed by atoms with Crippen LogP contribution in [-0.2, 0) is 17.8 Å². The van der Waals surface area contributed by atoms with E-state index in [0.717, 1.165) is 11.1 Å². The lowest BCUT2D eigenvalue weighted by Crippen LogP contribution is -2.47. The van der Waals surface area contributed by atoms with Crippen LogP contribution in [0.25, 0.3) is 5.82 Å². The number of furan rings is 1. The fraction of sp³-hybridized carbons (Fsp3) is 0.136. The van der Waals surface area contributed by atoms with Gasteiger partial charge in [-0.15, -0.1) is 0 Å². The molecule has 2 N–H and O–H groups in total. The summed E-state index contributed by atoms with van der Waals surface area (Å²) in [6.07, 6.45) is 6.34. The number of pyridine rings is 1. The maximum atomic E-state index is 13.0. The van der Waals surface area contributed by atoms with Gasteiger partial charge in [0, 0.05) is 24.7 Å². The standard InChI is InChI=1S/C22H20N6O3/c29-21(25-13-17-8-4-10-24-20(17)28-15-23-14-26-28)18(12-16-6-2-1-3-7-16)27-22(30)19-9-5-11-31-19/h1-11,14-15,18H,12-13H2,(H,25,29)(H,27,30). The van der Waals surface area contributed by atoms with Gasteiger partial charge in [0.25, 0.3) is 5.91 Å². The molecule has 0 aliphatic rings. The number of rotatable bonds is 8. The number of hydrogen-bond donors (Lipinski definition) is 2. The molecule has 0 aliphatic heterocycles. The van der Waals surface area contributed by atoms with Gasteiger partial charge < -0.3 is 15.1 Å². The van der Waals surface area contributed by atoms with Crippen molar-refractivity contribution in [2.24, 2.45) is 0 Å². The first-order chi connectivity index (χ1) is 15.2. The van der Waals surface area contributed by atoms with Crippen molar-refractivity contribution in [3.8, 4) is 5.82 Å². The van der Waals surface area contributed by atoms with Gasteiger partial charge in [-0.1, -0.05) is 36.4 Å². The zero-order valence-electron chi connectivity index (χ0n) is 16.5. The maximum Gasteiger partial charge on any atom is 0.287 e. The highest BCUT2D eigenvalue weighted by Crippen LogP contribution is 2.10. The van der Waals surface area contributed by atoms with Gasteiger partial charge in [0.15, 0.2) is 11.6 Å². The summed E-state index contributed by atoms with van der Waals surface area (Å²) in [5.41, 5.74) is 1.68. The molecule has 31 heavy (non-hydrogen) atoms. The molecule has 0 saturated heterocycles. The van der Waals surface area contributed by atoms with E-state index in [1.54, 1.807) is 24.4 Å². The minimum Gasteiger partial charge on any atom is -0.459 e. The molecule has 9 heteroatoms. The Bertz CT molecular complexity index is 1130. The van der Waals surface area contributed by atoms with Gasteiger partial charge in [-0.25, -0.2) is 14.6 Å². The largest absolute Gasteiger partial charge is 0.459 e. The van der Waals surface area contributed by atoms with Crippen LogP contribution in [0.5, 0.6) is 0 Å². The predicted octanol–water partition coefficient (Wildman–Crippen LogP) is 1.91. The molecule has 0 fully saturated rings. The van der Waals surface area contributed by atoms with Crippen LogP contribution in [0.3, 0.4) is 0 Å². The average Bonchev–Trinajstić information content (AvgIpc) is 3.52. The molecule has 3 aromatic heterocycles. The Balaban J connectivity index is 1.49. The highest BCUT2D eigenvalue weighted by Gasteiger charge is 2.23. The molecule has 156 valence electrons. The molecule has 3 heterocycles. The molecule has 0 spiro atoms. The van der Waals surface area contributed by atoms with Gasteiger partial charge in [0.2, 0.25) is 5.91 Å². The highest BCUT2D eigenvalue weighted by atomic mass is 16.3. The molecular weight excluding hydrogens is 396 g/mol. The van der Waals surface area contributed by atoms with Crippen LogP contribution < -0.4 is 10.6 Å². The van der Waals surface area contributed by atoms with Gasteiger partial charge >= 0.3 is 0 Å². The summed E-state index contributed by atoms with van der Waals surface area (Å²) in [4.78, 5) is 33.7. The summed E-state index contributed by atoms with van der Waals surface area (Å²) < 4.78 is 6.67. The Hall–Kier alpha value is -4.27. The molecule has 0 radical (unpaired) electrons. The Morgan fingerprint density at radius 3 is 2.68 bits per heavy atom. The van der Waals surface area contributed by atoms with E-state index in [-0.39, 0.29) is 18.2 Å². The highest BCUT2D eigenvalue weighted by molar-refractivity contribution is 5.95. The topological polar surface area (TPSA) is 115 Å². The zero-order valence-corrected chi connectivity index (χ0v) is 16.5. The summed E-state index contributed by atoms with van der Waals surface area (Å²) >= 11 is 0. The lowest BCUT2D eigenvalue weighted by molar-refractivity contribution is -0.123.